The average molecular weight is 1070 g/mol. The Morgan fingerprint density at radius 2 is 1.49 bits per heavy atom. The molecule has 0 amide bonds. The molecule has 4 rings (SSSR count). The standard InChI is InChI=1S/C24H12Cl4I4O6.Na/c1-24(2,3)38-37-23(35)12-11(13(25)15(27)16(28)14(12)26)10-6-4-8(29)19(33)17(31)21(6)36-22-7(10)5-9(30)20(34)18(22)32;/h4-5,33H,1-3H3;/q;+1/p-1. The third-order valence-corrected chi connectivity index (χ3v) is 10.5. The first kappa shape index (κ1) is 34.9. The van der Waals surface area contributed by atoms with Crippen LogP contribution in [0.2, 0.25) is 20.1 Å². The molecule has 0 N–H and O–H groups in total. The van der Waals surface area contributed by atoms with E-state index in [0.29, 0.717) is 23.7 Å². The number of fused-ring (bicyclic) bond motifs is 2. The summed E-state index contributed by atoms with van der Waals surface area (Å²) in [6, 6.07) is 3.22. The van der Waals surface area contributed by atoms with Crippen molar-refractivity contribution in [2.24, 2.45) is 0 Å². The minimum Gasteiger partial charge on any atom is -0.871 e. The van der Waals surface area contributed by atoms with Gasteiger partial charge in [-0.15, -0.1) is 0 Å². The molecule has 200 valence electrons. The minimum absolute atomic E-state index is 0. The van der Waals surface area contributed by atoms with E-state index in [0.717, 1.165) is 0 Å². The summed E-state index contributed by atoms with van der Waals surface area (Å²) < 4.78 is 7.49. The average Bonchev–Trinajstić information content (AvgIpc) is 2.84. The molecule has 0 atom stereocenters. The van der Waals surface area contributed by atoms with Crippen molar-refractivity contribution in [3.63, 3.8) is 0 Å². The Morgan fingerprint density at radius 1 is 0.897 bits per heavy atom. The number of rotatable bonds is 3. The molecule has 0 bridgehead atoms. The van der Waals surface area contributed by atoms with E-state index < -0.39 is 11.6 Å². The van der Waals surface area contributed by atoms with E-state index in [2.05, 4.69) is 0 Å². The van der Waals surface area contributed by atoms with Crippen molar-refractivity contribution in [2.45, 2.75) is 26.4 Å². The van der Waals surface area contributed by atoms with E-state index in [4.69, 9.17) is 60.6 Å². The number of halogens is 8. The molecule has 1 aliphatic heterocycles. The molecule has 0 saturated heterocycles. The van der Waals surface area contributed by atoms with Gasteiger partial charge in [0.25, 0.3) is 0 Å². The van der Waals surface area contributed by atoms with Crippen LogP contribution < -0.4 is 40.1 Å². The van der Waals surface area contributed by atoms with E-state index in [-0.39, 0.29) is 90.4 Å². The van der Waals surface area contributed by atoms with Gasteiger partial charge in [-0.1, -0.05) is 52.2 Å². The van der Waals surface area contributed by atoms with Gasteiger partial charge in [0.05, 0.1) is 29.2 Å². The second kappa shape index (κ2) is 13.2. The van der Waals surface area contributed by atoms with Crippen molar-refractivity contribution in [3.8, 4) is 28.2 Å². The van der Waals surface area contributed by atoms with Crippen molar-refractivity contribution in [2.75, 3.05) is 0 Å². The van der Waals surface area contributed by atoms with Gasteiger partial charge in [-0.2, -0.15) is 4.89 Å². The predicted octanol–water partition coefficient (Wildman–Crippen LogP) is 6.56. The first-order valence-corrected chi connectivity index (χ1v) is 16.1. The monoisotopic (exact) mass is 1070 g/mol. The zero-order valence-electron chi connectivity index (χ0n) is 20.1. The third-order valence-electron chi connectivity index (χ3n) is 5.09. The smallest absolute Gasteiger partial charge is 0.871 e. The normalized spacial score (nSPS) is 11.7. The van der Waals surface area contributed by atoms with Gasteiger partial charge in [0.15, 0.2) is 5.76 Å². The van der Waals surface area contributed by atoms with E-state index >= 15 is 0 Å². The fourth-order valence-corrected chi connectivity index (χ4v) is 8.12. The summed E-state index contributed by atoms with van der Waals surface area (Å²) in [4.78, 5) is 36.7. The van der Waals surface area contributed by atoms with Gasteiger partial charge in [-0.3, -0.25) is 9.68 Å². The van der Waals surface area contributed by atoms with Crippen LogP contribution in [0.4, 0.5) is 0 Å². The zero-order chi connectivity index (χ0) is 28.4. The van der Waals surface area contributed by atoms with Gasteiger partial charge in [-0.25, -0.2) is 4.79 Å². The second-order valence-corrected chi connectivity index (χ2v) is 14.8. The number of hydrogen-bond acceptors (Lipinski definition) is 6. The molecule has 1 aliphatic carbocycles. The molecule has 0 saturated carbocycles. The Balaban J connectivity index is 0.00000420. The maximum Gasteiger partial charge on any atom is 1.00 e. The number of benzene rings is 3. The Labute approximate surface area is 319 Å². The predicted molar refractivity (Wildman–Crippen MR) is 181 cm³/mol. The van der Waals surface area contributed by atoms with E-state index in [1.807, 2.05) is 90.4 Å². The summed E-state index contributed by atoms with van der Waals surface area (Å²) in [5, 5.41) is 12.7. The van der Waals surface area contributed by atoms with Crippen LogP contribution in [0.5, 0.6) is 5.75 Å². The first-order chi connectivity index (χ1) is 17.6. The summed E-state index contributed by atoms with van der Waals surface area (Å²) in [5.41, 5.74) is -0.251. The largest absolute Gasteiger partial charge is 1.00 e. The topological polar surface area (TPSA) is 88.8 Å². The van der Waals surface area contributed by atoms with E-state index in [1.54, 1.807) is 32.9 Å². The van der Waals surface area contributed by atoms with E-state index in [1.165, 1.54) is 0 Å². The molecular weight excluding hydrogens is 1060 g/mol. The van der Waals surface area contributed by atoms with Gasteiger partial charge in [-0.05, 0) is 123 Å². The Bertz CT molecular complexity index is 1700. The summed E-state index contributed by atoms with van der Waals surface area (Å²) in [6.07, 6.45) is 0. The molecule has 0 spiro atoms. The SMILES string of the molecule is CC(C)(C)OOC(=O)c1c(Cl)c(Cl)c(Cl)c(Cl)c1-c1c2cc(I)c(=O)c(I)c-2oc2c(I)c([O-])c(I)cc12.[Na+]. The van der Waals surface area contributed by atoms with Crippen molar-refractivity contribution >= 4 is 154 Å². The molecule has 0 aromatic heterocycles. The van der Waals surface area contributed by atoms with Crippen LogP contribution in [-0.2, 0) is 9.78 Å². The van der Waals surface area contributed by atoms with Crippen LogP contribution in [0.15, 0.2) is 21.3 Å². The van der Waals surface area contributed by atoms with Crippen LogP contribution >= 0.6 is 137 Å². The number of carbonyl (C=O) groups excluding carboxylic acids is 1. The van der Waals surface area contributed by atoms with Crippen molar-refractivity contribution in [1.29, 1.82) is 0 Å². The fraction of sp³-hybridized carbons (Fsp3) is 0.167. The summed E-state index contributed by atoms with van der Waals surface area (Å²) in [5.74, 6) is -1.04. The molecule has 2 aliphatic rings. The quantitative estimate of drug-likeness (QED) is 0.0440. The molecule has 0 unspecified atom stereocenters. The first-order valence-electron chi connectivity index (χ1n) is 10.3. The maximum atomic E-state index is 13.4. The molecule has 2 aromatic rings. The fourth-order valence-electron chi connectivity index (χ4n) is 3.52. The van der Waals surface area contributed by atoms with Gasteiger partial charge in [0, 0.05) is 29.2 Å². The molecule has 0 fully saturated rings. The van der Waals surface area contributed by atoms with Crippen molar-refractivity contribution in [3.05, 3.63) is 62.3 Å². The van der Waals surface area contributed by atoms with Gasteiger partial charge < -0.3 is 9.52 Å². The summed E-state index contributed by atoms with van der Waals surface area (Å²) in [6.45, 7) is 5.08. The van der Waals surface area contributed by atoms with Crippen molar-refractivity contribution in [1.82, 2.24) is 0 Å². The second-order valence-electron chi connectivity index (χ2n) is 8.81. The Hall–Kier alpha value is 1.44. The Kier molecular flexibility index (Phi) is 11.8. The van der Waals surface area contributed by atoms with Gasteiger partial charge in [0.1, 0.15) is 14.8 Å². The van der Waals surface area contributed by atoms with Crippen LogP contribution in [0.1, 0.15) is 31.1 Å². The van der Waals surface area contributed by atoms with Gasteiger partial charge in [0.2, 0.25) is 5.43 Å². The molecule has 0 radical (unpaired) electrons. The number of hydrogen-bond donors (Lipinski definition) is 0. The van der Waals surface area contributed by atoms with Crippen LogP contribution in [0.3, 0.4) is 0 Å². The molecular formula is C24H11Cl4I4NaO6. The molecule has 1 heterocycles. The molecule has 39 heavy (non-hydrogen) atoms. The molecule has 15 heteroatoms. The maximum absolute atomic E-state index is 13.4. The van der Waals surface area contributed by atoms with Crippen LogP contribution in [-0.4, -0.2) is 11.6 Å². The van der Waals surface area contributed by atoms with Crippen LogP contribution in [0, 0.1) is 14.3 Å². The third kappa shape index (κ3) is 6.61. The Morgan fingerprint density at radius 3 is 2.08 bits per heavy atom. The molecule has 2 aromatic carbocycles. The summed E-state index contributed by atoms with van der Waals surface area (Å²) >= 11 is 33.8. The number of carbonyl (C=O) groups is 1. The zero-order valence-corrected chi connectivity index (χ0v) is 33.8. The van der Waals surface area contributed by atoms with Crippen LogP contribution in [0.25, 0.3) is 33.4 Å². The minimum atomic E-state index is -0.975. The van der Waals surface area contributed by atoms with Gasteiger partial charge >= 0.3 is 35.5 Å². The van der Waals surface area contributed by atoms with E-state index in [9.17, 15) is 14.7 Å². The van der Waals surface area contributed by atoms with Crippen molar-refractivity contribution < 1.29 is 53.7 Å². The molecule has 6 nitrogen and oxygen atoms in total. The summed E-state index contributed by atoms with van der Waals surface area (Å²) in [7, 11) is 0.